The number of rotatable bonds is 15. The van der Waals surface area contributed by atoms with Gasteiger partial charge in [-0.15, -0.1) is 10.2 Å². The summed E-state index contributed by atoms with van der Waals surface area (Å²) in [5.74, 6) is -6.77. The van der Waals surface area contributed by atoms with Crippen molar-refractivity contribution in [2.24, 2.45) is 5.92 Å². The summed E-state index contributed by atoms with van der Waals surface area (Å²) in [5.41, 5.74) is 0.404. The minimum Gasteiger partial charge on any atom is -0.481 e. The van der Waals surface area contributed by atoms with E-state index in [0.717, 1.165) is 23.8 Å². The van der Waals surface area contributed by atoms with E-state index in [-0.39, 0.29) is 18.2 Å². The molecule has 15 heteroatoms. The average molecular weight is 614 g/mol. The molecule has 3 rings (SSSR count). The molecule has 0 radical (unpaired) electrons. The Labute approximate surface area is 251 Å². The zero-order chi connectivity index (χ0) is 32.4. The lowest BCUT2D eigenvalue weighted by atomic mass is 10.0. The van der Waals surface area contributed by atoms with Crippen LogP contribution in [0.1, 0.15) is 39.2 Å². The molecule has 2 aromatic carbocycles. The summed E-state index contributed by atoms with van der Waals surface area (Å²) < 4.78 is 28.1. The van der Waals surface area contributed by atoms with Gasteiger partial charge in [0.15, 0.2) is 5.78 Å². The molecule has 3 amide bonds. The summed E-state index contributed by atoms with van der Waals surface area (Å²) in [6.45, 7) is 4.10. The molecule has 44 heavy (non-hydrogen) atoms. The number of aryl methyl sites for hydroxylation is 1. The molecule has 1 heterocycles. The Morgan fingerprint density at radius 1 is 0.886 bits per heavy atom. The van der Waals surface area contributed by atoms with Crippen LogP contribution >= 0.6 is 0 Å². The van der Waals surface area contributed by atoms with Gasteiger partial charge in [0, 0.05) is 6.42 Å². The number of aliphatic carboxylic acids is 1. The number of amides is 3. The number of nitrogens with zero attached hydrogens (tertiary/aromatic N) is 4. The fraction of sp³-hybridized carbons (Fsp3) is 0.379. The van der Waals surface area contributed by atoms with Gasteiger partial charge in [-0.2, -0.15) is 4.80 Å². The van der Waals surface area contributed by atoms with Gasteiger partial charge >= 0.3 is 5.97 Å². The second-order valence-electron chi connectivity index (χ2n) is 10.4. The van der Waals surface area contributed by atoms with E-state index in [0.29, 0.717) is 11.2 Å². The molecule has 0 fully saturated rings. The van der Waals surface area contributed by atoms with E-state index in [1.807, 2.05) is 30.3 Å². The molecule has 0 saturated heterocycles. The molecule has 4 N–H and O–H groups in total. The number of carbonyl (C=O) groups excluding carboxylic acids is 4. The number of carboxylic acid groups (broad SMARTS) is 1. The van der Waals surface area contributed by atoms with Crippen molar-refractivity contribution < 1.29 is 37.9 Å². The number of ketones is 1. The van der Waals surface area contributed by atoms with Crippen LogP contribution in [-0.2, 0) is 36.9 Å². The van der Waals surface area contributed by atoms with E-state index in [1.54, 1.807) is 13.8 Å². The summed E-state index contributed by atoms with van der Waals surface area (Å²) in [5, 5.41) is 27.7. The van der Waals surface area contributed by atoms with Crippen LogP contribution in [0.2, 0.25) is 0 Å². The summed E-state index contributed by atoms with van der Waals surface area (Å²) in [4.78, 5) is 63.4. The topological polar surface area (TPSA) is 185 Å². The van der Waals surface area contributed by atoms with Crippen LogP contribution in [0.4, 0.5) is 8.78 Å². The highest BCUT2D eigenvalue weighted by Gasteiger charge is 2.30. The molecular weight excluding hydrogens is 580 g/mol. The Bertz CT molecular complexity index is 1480. The number of aromatic nitrogens is 4. The lowest BCUT2D eigenvalue weighted by molar-refractivity contribution is -0.140. The number of hydrogen-bond acceptors (Lipinski definition) is 8. The first kappa shape index (κ1) is 33.4. The molecule has 0 aliphatic rings. The van der Waals surface area contributed by atoms with E-state index < -0.39 is 77.7 Å². The quantitative estimate of drug-likeness (QED) is 0.197. The smallest absolute Gasteiger partial charge is 0.305 e. The fourth-order valence-corrected chi connectivity index (χ4v) is 4.14. The van der Waals surface area contributed by atoms with Gasteiger partial charge in [-0.05, 0) is 42.2 Å². The highest BCUT2D eigenvalue weighted by atomic mass is 19.1. The van der Waals surface area contributed by atoms with Crippen molar-refractivity contribution in [3.8, 4) is 11.4 Å². The molecule has 0 spiro atoms. The zero-order valence-corrected chi connectivity index (χ0v) is 24.3. The van der Waals surface area contributed by atoms with Gasteiger partial charge in [0.05, 0.1) is 12.0 Å². The number of Topliss-reactive ketones (excluding diaryl/α,β-unsaturated/α-hetero) is 1. The summed E-state index contributed by atoms with van der Waals surface area (Å²) in [7, 11) is 0. The van der Waals surface area contributed by atoms with Gasteiger partial charge in [-0.3, -0.25) is 24.0 Å². The van der Waals surface area contributed by atoms with Crippen LogP contribution in [-0.4, -0.2) is 72.9 Å². The Hall–Kier alpha value is -5.08. The average Bonchev–Trinajstić information content (AvgIpc) is 3.41. The Kier molecular flexibility index (Phi) is 11.7. The van der Waals surface area contributed by atoms with Crippen LogP contribution in [0.15, 0.2) is 48.5 Å². The van der Waals surface area contributed by atoms with Crippen LogP contribution < -0.4 is 16.0 Å². The fourth-order valence-electron chi connectivity index (χ4n) is 4.14. The SMILES string of the molecule is CC(C)[C@H](NC(=O)CCc1ccccc1)C(=O)N[C@@H](C)C(=O)NC(CC(=O)O)C(=O)Cn1nnc(-c2c(F)cccc2F)n1. The molecule has 3 atom stereocenters. The predicted molar refractivity (Wildman–Crippen MR) is 151 cm³/mol. The third-order valence-corrected chi connectivity index (χ3v) is 6.52. The second kappa shape index (κ2) is 15.4. The lowest BCUT2D eigenvalue weighted by Gasteiger charge is -2.25. The van der Waals surface area contributed by atoms with Crippen molar-refractivity contribution in [3.05, 3.63) is 65.7 Å². The third kappa shape index (κ3) is 9.47. The summed E-state index contributed by atoms with van der Waals surface area (Å²) >= 11 is 0. The van der Waals surface area contributed by atoms with Crippen molar-refractivity contribution in [1.82, 2.24) is 36.2 Å². The van der Waals surface area contributed by atoms with Gasteiger partial charge in [0.2, 0.25) is 23.5 Å². The number of tetrazole rings is 1. The van der Waals surface area contributed by atoms with E-state index in [2.05, 4.69) is 31.4 Å². The number of nitrogens with one attached hydrogen (secondary N) is 3. The van der Waals surface area contributed by atoms with Crippen LogP contribution in [0, 0.1) is 17.6 Å². The Morgan fingerprint density at radius 3 is 2.16 bits per heavy atom. The number of benzene rings is 2. The summed E-state index contributed by atoms with van der Waals surface area (Å²) in [6.07, 6.45) is -0.184. The molecule has 1 unspecified atom stereocenters. The molecule has 13 nitrogen and oxygen atoms in total. The highest BCUT2D eigenvalue weighted by Crippen LogP contribution is 2.21. The number of carboxylic acids is 1. The first-order valence-corrected chi connectivity index (χ1v) is 13.8. The van der Waals surface area contributed by atoms with Gasteiger partial charge in [0.1, 0.15) is 36.3 Å². The van der Waals surface area contributed by atoms with E-state index in [4.69, 9.17) is 0 Å². The zero-order valence-electron chi connectivity index (χ0n) is 24.3. The molecular formula is C29H33F2N7O6. The molecule has 1 aromatic heterocycles. The maximum atomic E-state index is 14.1. The maximum absolute atomic E-state index is 14.1. The van der Waals surface area contributed by atoms with E-state index in [1.165, 1.54) is 6.92 Å². The molecule has 234 valence electrons. The predicted octanol–water partition coefficient (Wildman–Crippen LogP) is 1.43. The largest absolute Gasteiger partial charge is 0.481 e. The van der Waals surface area contributed by atoms with Crippen molar-refractivity contribution in [2.75, 3.05) is 0 Å². The van der Waals surface area contributed by atoms with Crippen molar-refractivity contribution in [2.45, 2.75) is 64.7 Å². The van der Waals surface area contributed by atoms with Crippen molar-refractivity contribution >= 4 is 29.5 Å². The number of halogens is 2. The molecule has 0 aliphatic heterocycles. The van der Waals surface area contributed by atoms with E-state index >= 15 is 0 Å². The van der Waals surface area contributed by atoms with Gasteiger partial charge in [0.25, 0.3) is 0 Å². The monoisotopic (exact) mass is 613 g/mol. The molecule has 0 saturated carbocycles. The van der Waals surface area contributed by atoms with Gasteiger partial charge in [-0.1, -0.05) is 50.2 Å². The summed E-state index contributed by atoms with van der Waals surface area (Å²) in [6, 6.07) is 8.75. The van der Waals surface area contributed by atoms with E-state index in [9.17, 15) is 37.9 Å². The number of hydrogen-bond donors (Lipinski definition) is 4. The highest BCUT2D eigenvalue weighted by molar-refractivity contribution is 5.95. The Balaban J connectivity index is 1.60. The Morgan fingerprint density at radius 2 is 1.55 bits per heavy atom. The minimum absolute atomic E-state index is 0.146. The third-order valence-electron chi connectivity index (χ3n) is 6.52. The van der Waals surface area contributed by atoms with Crippen molar-refractivity contribution in [3.63, 3.8) is 0 Å². The van der Waals surface area contributed by atoms with Crippen LogP contribution in [0.5, 0.6) is 0 Å². The first-order chi connectivity index (χ1) is 20.8. The first-order valence-electron chi connectivity index (χ1n) is 13.8. The number of carbonyl (C=O) groups is 5. The normalized spacial score (nSPS) is 13.0. The van der Waals surface area contributed by atoms with Gasteiger partial charge < -0.3 is 21.1 Å². The van der Waals surface area contributed by atoms with Crippen LogP contribution in [0.3, 0.4) is 0 Å². The molecule has 0 aliphatic carbocycles. The van der Waals surface area contributed by atoms with Crippen LogP contribution in [0.25, 0.3) is 11.4 Å². The standard InChI is InChI=1S/C29H33F2N7O6/c1-16(2)26(34-23(40)13-12-18-8-5-4-6-9-18)29(44)32-17(3)28(43)33-21(14-24(41)42)22(39)15-38-36-27(35-37-38)25-19(30)10-7-11-20(25)31/h4-11,16-17,21,26H,12-15H2,1-3H3,(H,32,44)(H,33,43)(H,34,40)(H,41,42)/t17-,21?,26-/m0/s1. The molecule has 0 bridgehead atoms. The second-order valence-corrected chi connectivity index (χ2v) is 10.4. The lowest BCUT2D eigenvalue weighted by Crippen LogP contribution is -2.56. The maximum Gasteiger partial charge on any atom is 0.305 e. The minimum atomic E-state index is -1.56. The van der Waals surface area contributed by atoms with Crippen molar-refractivity contribution in [1.29, 1.82) is 0 Å². The molecule has 3 aromatic rings. The van der Waals surface area contributed by atoms with Gasteiger partial charge in [-0.25, -0.2) is 8.78 Å².